The fourth-order valence-electron chi connectivity index (χ4n) is 5.54. The molecule has 3 aromatic rings. The number of fused-ring (bicyclic) bond motifs is 3. The first-order valence-electron chi connectivity index (χ1n) is 11.5. The topological polar surface area (TPSA) is 84.2 Å². The molecule has 10 heteroatoms. The molecule has 33 heavy (non-hydrogen) atoms. The Bertz CT molecular complexity index is 1140. The zero-order valence-electron chi connectivity index (χ0n) is 18.6. The van der Waals surface area contributed by atoms with Gasteiger partial charge in [0.15, 0.2) is 0 Å². The zero-order valence-corrected chi connectivity index (χ0v) is 18.6. The molecule has 2 aromatic heterocycles. The molecule has 0 radical (unpaired) electrons. The Hall–Kier alpha value is -3.43. The number of piperidine rings is 1. The lowest BCUT2D eigenvalue weighted by Gasteiger charge is -2.39. The molecule has 172 valence electrons. The Morgan fingerprint density at radius 2 is 1.94 bits per heavy atom. The molecule has 2 bridgehead atoms. The molecule has 1 saturated carbocycles. The van der Waals surface area contributed by atoms with Crippen molar-refractivity contribution in [2.45, 2.75) is 31.8 Å². The van der Waals surface area contributed by atoms with Gasteiger partial charge in [-0.15, -0.1) is 10.2 Å². The standard InChI is InChI=1S/C23H27FN8O/c1-33-20-11-19(12-25-28-20)30-13-15-6-7-16(14-30)21(15)26-22-27-23-31(8-3-9-32(23)29-22)18-5-2-4-17(24)10-18/h2,4-5,10-12,15-16,21H,3,6-9,13-14H2,1H3,(H,26,29)/t15-,16+,21-. The Balaban J connectivity index is 1.19. The number of ether oxygens (including phenoxy) is 1. The first-order chi connectivity index (χ1) is 16.2. The van der Waals surface area contributed by atoms with Gasteiger partial charge in [-0.05, 0) is 49.3 Å². The second-order valence-corrected chi connectivity index (χ2v) is 9.07. The van der Waals surface area contributed by atoms with Crippen molar-refractivity contribution in [1.82, 2.24) is 25.0 Å². The van der Waals surface area contributed by atoms with E-state index >= 15 is 0 Å². The number of nitrogens with zero attached hydrogens (tertiary/aromatic N) is 7. The van der Waals surface area contributed by atoms with E-state index in [4.69, 9.17) is 14.8 Å². The molecular weight excluding hydrogens is 423 g/mol. The lowest BCUT2D eigenvalue weighted by atomic mass is 9.92. The number of halogens is 1. The molecule has 1 aliphatic carbocycles. The molecule has 2 aliphatic heterocycles. The third-order valence-electron chi connectivity index (χ3n) is 7.09. The predicted molar refractivity (Wildman–Crippen MR) is 122 cm³/mol. The van der Waals surface area contributed by atoms with E-state index in [1.807, 2.05) is 27.9 Å². The van der Waals surface area contributed by atoms with Crippen LogP contribution in [0.5, 0.6) is 5.88 Å². The van der Waals surface area contributed by atoms with Crippen molar-refractivity contribution >= 4 is 23.3 Å². The highest BCUT2D eigenvalue weighted by atomic mass is 19.1. The van der Waals surface area contributed by atoms with Crippen molar-refractivity contribution in [3.63, 3.8) is 0 Å². The first-order valence-corrected chi connectivity index (χ1v) is 11.5. The predicted octanol–water partition coefficient (Wildman–Crippen LogP) is 3.08. The van der Waals surface area contributed by atoms with Crippen LogP contribution in [0.25, 0.3) is 0 Å². The van der Waals surface area contributed by atoms with E-state index in [0.717, 1.165) is 49.9 Å². The van der Waals surface area contributed by atoms with Gasteiger partial charge in [0, 0.05) is 44.0 Å². The van der Waals surface area contributed by atoms with E-state index < -0.39 is 0 Å². The van der Waals surface area contributed by atoms with Crippen LogP contribution in [-0.2, 0) is 6.54 Å². The minimum Gasteiger partial charge on any atom is -0.480 e. The van der Waals surface area contributed by atoms with Gasteiger partial charge in [-0.3, -0.25) is 0 Å². The lowest BCUT2D eigenvalue weighted by molar-refractivity contribution is 0.372. The quantitative estimate of drug-likeness (QED) is 0.635. The highest BCUT2D eigenvalue weighted by Gasteiger charge is 2.43. The highest BCUT2D eigenvalue weighted by Crippen LogP contribution is 2.40. The van der Waals surface area contributed by atoms with Gasteiger partial charge in [0.2, 0.25) is 17.8 Å². The summed E-state index contributed by atoms with van der Waals surface area (Å²) in [5.41, 5.74) is 1.86. The smallest absolute Gasteiger partial charge is 0.244 e. The van der Waals surface area contributed by atoms with Gasteiger partial charge in [-0.2, -0.15) is 10.1 Å². The largest absolute Gasteiger partial charge is 0.480 e. The van der Waals surface area contributed by atoms with Crippen molar-refractivity contribution in [3.8, 4) is 5.88 Å². The van der Waals surface area contributed by atoms with Crippen LogP contribution in [0.1, 0.15) is 19.3 Å². The summed E-state index contributed by atoms with van der Waals surface area (Å²) < 4.78 is 21.0. The number of aryl methyl sites for hydroxylation is 1. The minimum absolute atomic E-state index is 0.243. The van der Waals surface area contributed by atoms with Gasteiger partial charge in [-0.1, -0.05) is 6.07 Å². The maximum atomic E-state index is 13.8. The van der Waals surface area contributed by atoms with Crippen LogP contribution in [-0.4, -0.2) is 57.7 Å². The molecule has 1 saturated heterocycles. The van der Waals surface area contributed by atoms with Crippen molar-refractivity contribution < 1.29 is 9.13 Å². The molecule has 4 heterocycles. The van der Waals surface area contributed by atoms with E-state index in [-0.39, 0.29) is 5.82 Å². The van der Waals surface area contributed by atoms with Crippen LogP contribution in [0.2, 0.25) is 0 Å². The van der Waals surface area contributed by atoms with Crippen LogP contribution < -0.4 is 19.9 Å². The number of hydrogen-bond acceptors (Lipinski definition) is 8. The van der Waals surface area contributed by atoms with Gasteiger partial charge in [-0.25, -0.2) is 9.07 Å². The normalized spacial score (nSPS) is 24.0. The fourth-order valence-corrected chi connectivity index (χ4v) is 5.54. The number of aromatic nitrogens is 5. The van der Waals surface area contributed by atoms with E-state index in [2.05, 4.69) is 20.4 Å². The third-order valence-corrected chi connectivity index (χ3v) is 7.09. The molecule has 6 rings (SSSR count). The average molecular weight is 451 g/mol. The van der Waals surface area contributed by atoms with E-state index in [9.17, 15) is 4.39 Å². The summed E-state index contributed by atoms with van der Waals surface area (Å²) in [5.74, 6) is 2.74. The fraction of sp³-hybridized carbons (Fsp3) is 0.478. The number of hydrogen-bond donors (Lipinski definition) is 1. The number of nitrogens with one attached hydrogen (secondary N) is 1. The van der Waals surface area contributed by atoms with Crippen LogP contribution >= 0.6 is 0 Å². The Morgan fingerprint density at radius 3 is 2.73 bits per heavy atom. The Kier molecular flexibility index (Phi) is 5.00. The first kappa shape index (κ1) is 20.2. The van der Waals surface area contributed by atoms with Crippen molar-refractivity contribution in [2.24, 2.45) is 11.8 Å². The number of rotatable bonds is 5. The highest BCUT2D eigenvalue weighted by molar-refractivity contribution is 5.59. The molecule has 3 atom stereocenters. The van der Waals surface area contributed by atoms with Gasteiger partial charge >= 0.3 is 0 Å². The van der Waals surface area contributed by atoms with Crippen molar-refractivity contribution in [3.05, 3.63) is 42.3 Å². The van der Waals surface area contributed by atoms with E-state index in [1.54, 1.807) is 19.2 Å². The Morgan fingerprint density at radius 1 is 1.09 bits per heavy atom. The van der Waals surface area contributed by atoms with E-state index in [1.165, 1.54) is 18.9 Å². The minimum atomic E-state index is -0.243. The van der Waals surface area contributed by atoms with E-state index in [0.29, 0.717) is 29.7 Å². The SMILES string of the molecule is COc1cc(N2C[C@H]3CC[C@@H](C2)[C@@H]3Nc2nc3n(n2)CCCN3c2cccc(F)c2)cnn1. The van der Waals surface area contributed by atoms with Crippen molar-refractivity contribution in [2.75, 3.05) is 41.9 Å². The maximum Gasteiger partial charge on any atom is 0.244 e. The van der Waals surface area contributed by atoms with Crippen LogP contribution in [0.3, 0.4) is 0 Å². The third kappa shape index (κ3) is 3.73. The van der Waals surface area contributed by atoms with Gasteiger partial charge in [0.05, 0.1) is 19.0 Å². The Labute approximate surface area is 191 Å². The molecule has 2 fully saturated rings. The van der Waals surface area contributed by atoms with Crippen molar-refractivity contribution in [1.29, 1.82) is 0 Å². The van der Waals surface area contributed by atoms with Gasteiger partial charge < -0.3 is 19.9 Å². The molecule has 3 aliphatic rings. The van der Waals surface area contributed by atoms with Crippen LogP contribution in [0, 0.1) is 17.7 Å². The summed E-state index contributed by atoms with van der Waals surface area (Å²) in [5, 5.41) is 16.5. The second kappa shape index (κ2) is 8.17. The summed E-state index contributed by atoms with van der Waals surface area (Å²) in [6.45, 7) is 3.52. The zero-order chi connectivity index (χ0) is 22.4. The molecule has 0 unspecified atom stereocenters. The summed E-state index contributed by atoms with van der Waals surface area (Å²) in [7, 11) is 1.61. The molecule has 0 spiro atoms. The van der Waals surface area contributed by atoms with Gasteiger partial charge in [0.1, 0.15) is 5.82 Å². The second-order valence-electron chi connectivity index (χ2n) is 9.07. The van der Waals surface area contributed by atoms with Crippen LogP contribution in [0.4, 0.5) is 27.7 Å². The van der Waals surface area contributed by atoms with Crippen LogP contribution in [0.15, 0.2) is 36.5 Å². The maximum absolute atomic E-state index is 13.8. The number of methoxy groups -OCH3 is 1. The molecule has 1 aromatic carbocycles. The monoisotopic (exact) mass is 450 g/mol. The molecular formula is C23H27FN8O. The summed E-state index contributed by atoms with van der Waals surface area (Å²) in [6, 6.07) is 8.95. The molecule has 0 amide bonds. The number of benzene rings is 1. The molecule has 1 N–H and O–H groups in total. The summed E-state index contributed by atoms with van der Waals surface area (Å²) in [6.07, 6.45) is 5.11. The average Bonchev–Trinajstić information content (AvgIpc) is 3.34. The van der Waals surface area contributed by atoms with Gasteiger partial charge in [0.25, 0.3) is 0 Å². The summed E-state index contributed by atoms with van der Waals surface area (Å²) in [4.78, 5) is 9.26. The number of anilines is 4. The summed E-state index contributed by atoms with van der Waals surface area (Å²) >= 11 is 0. The molecule has 9 nitrogen and oxygen atoms in total. The lowest BCUT2D eigenvalue weighted by Crippen LogP contribution is -2.48.